The Morgan fingerprint density at radius 2 is 1.45 bits per heavy atom. The van der Waals surface area contributed by atoms with Gasteiger partial charge in [-0.15, -0.1) is 0 Å². The lowest BCUT2D eigenvalue weighted by atomic mass is 10.0. The summed E-state index contributed by atoms with van der Waals surface area (Å²) in [6.07, 6.45) is 11.1. The first-order chi connectivity index (χ1) is 9.76. The lowest BCUT2D eigenvalue weighted by molar-refractivity contribution is 0.260. The van der Waals surface area contributed by atoms with Gasteiger partial charge in [-0.1, -0.05) is 63.3 Å². The van der Waals surface area contributed by atoms with E-state index in [1.807, 2.05) is 0 Å². The lowest BCUT2D eigenvalue weighted by Gasteiger charge is -2.08. The van der Waals surface area contributed by atoms with Crippen molar-refractivity contribution in [1.29, 1.82) is 0 Å². The summed E-state index contributed by atoms with van der Waals surface area (Å²) in [5.74, 6) is 0. The minimum absolute atomic E-state index is 0.0795. The SMILES string of the molecule is CCCCCCCCc1ccc(CC[C@@H](N)CO)cc1. The Kier molecular flexibility index (Phi) is 9.35. The van der Waals surface area contributed by atoms with Gasteiger partial charge in [0, 0.05) is 6.04 Å². The van der Waals surface area contributed by atoms with Crippen molar-refractivity contribution in [3.05, 3.63) is 35.4 Å². The van der Waals surface area contributed by atoms with Gasteiger partial charge in [0.1, 0.15) is 0 Å². The fraction of sp³-hybridized carbons (Fsp3) is 0.667. The van der Waals surface area contributed by atoms with E-state index in [4.69, 9.17) is 10.8 Å². The third-order valence-electron chi connectivity index (χ3n) is 3.88. The summed E-state index contributed by atoms with van der Waals surface area (Å²) in [7, 11) is 0. The number of hydrogen-bond acceptors (Lipinski definition) is 2. The number of unbranched alkanes of at least 4 members (excludes halogenated alkanes) is 5. The average Bonchev–Trinajstić information content (AvgIpc) is 2.49. The van der Waals surface area contributed by atoms with Crippen molar-refractivity contribution in [2.45, 2.75) is 70.8 Å². The second kappa shape index (κ2) is 10.9. The van der Waals surface area contributed by atoms with E-state index in [2.05, 4.69) is 31.2 Å². The third-order valence-corrected chi connectivity index (χ3v) is 3.88. The first kappa shape index (κ1) is 17.2. The molecular weight excluding hydrogens is 246 g/mol. The molecule has 1 rings (SSSR count). The monoisotopic (exact) mass is 277 g/mol. The van der Waals surface area contributed by atoms with E-state index in [9.17, 15) is 0 Å². The molecule has 0 bridgehead atoms. The van der Waals surface area contributed by atoms with Gasteiger partial charge in [-0.2, -0.15) is 0 Å². The van der Waals surface area contributed by atoms with Crippen LogP contribution in [0.1, 0.15) is 63.0 Å². The molecule has 3 N–H and O–H groups in total. The molecule has 0 heterocycles. The van der Waals surface area contributed by atoms with Gasteiger partial charge in [-0.05, 0) is 36.8 Å². The maximum atomic E-state index is 8.91. The van der Waals surface area contributed by atoms with Crippen LogP contribution in [0.15, 0.2) is 24.3 Å². The van der Waals surface area contributed by atoms with Crippen molar-refractivity contribution in [3.8, 4) is 0 Å². The summed E-state index contributed by atoms with van der Waals surface area (Å²) in [5.41, 5.74) is 8.48. The Morgan fingerprint density at radius 1 is 0.900 bits per heavy atom. The van der Waals surface area contributed by atoms with Crippen LogP contribution in [0.4, 0.5) is 0 Å². The first-order valence-corrected chi connectivity index (χ1v) is 8.20. The van der Waals surface area contributed by atoms with Gasteiger partial charge >= 0.3 is 0 Å². The first-order valence-electron chi connectivity index (χ1n) is 8.20. The van der Waals surface area contributed by atoms with Crippen molar-refractivity contribution in [2.75, 3.05) is 6.61 Å². The molecular formula is C18H31NO. The highest BCUT2D eigenvalue weighted by molar-refractivity contribution is 5.22. The molecule has 1 atom stereocenters. The standard InChI is InChI=1S/C18H31NO/c1-2-3-4-5-6-7-8-16-9-11-17(12-10-16)13-14-18(19)15-20/h9-12,18,20H,2-8,13-15,19H2,1H3/t18-/m1/s1. The highest BCUT2D eigenvalue weighted by Gasteiger charge is 2.01. The molecule has 0 saturated carbocycles. The Balaban J connectivity index is 2.18. The normalized spacial score (nSPS) is 12.6. The zero-order valence-electron chi connectivity index (χ0n) is 13.0. The molecule has 0 radical (unpaired) electrons. The van der Waals surface area contributed by atoms with Gasteiger partial charge in [0.2, 0.25) is 0 Å². The maximum absolute atomic E-state index is 8.91. The Hall–Kier alpha value is -0.860. The van der Waals surface area contributed by atoms with Gasteiger partial charge in [0.25, 0.3) is 0 Å². The van der Waals surface area contributed by atoms with Crippen LogP contribution in [0.25, 0.3) is 0 Å². The molecule has 20 heavy (non-hydrogen) atoms. The molecule has 2 heteroatoms. The van der Waals surface area contributed by atoms with Crippen LogP contribution >= 0.6 is 0 Å². The van der Waals surface area contributed by atoms with E-state index >= 15 is 0 Å². The Morgan fingerprint density at radius 3 is 2.05 bits per heavy atom. The van der Waals surface area contributed by atoms with E-state index in [-0.39, 0.29) is 12.6 Å². The molecule has 0 fully saturated rings. The van der Waals surface area contributed by atoms with Gasteiger partial charge in [-0.3, -0.25) is 0 Å². The molecule has 0 saturated heterocycles. The topological polar surface area (TPSA) is 46.2 Å². The predicted molar refractivity (Wildman–Crippen MR) is 86.9 cm³/mol. The molecule has 1 aromatic carbocycles. The summed E-state index contributed by atoms with van der Waals surface area (Å²) in [6, 6.07) is 8.81. The summed E-state index contributed by atoms with van der Waals surface area (Å²) in [6.45, 7) is 2.34. The van der Waals surface area contributed by atoms with Crippen LogP contribution in [-0.4, -0.2) is 17.8 Å². The van der Waals surface area contributed by atoms with Crippen LogP contribution in [0.3, 0.4) is 0 Å². The molecule has 0 aliphatic rings. The number of hydrogen-bond donors (Lipinski definition) is 2. The summed E-state index contributed by atoms with van der Waals surface area (Å²) in [5, 5.41) is 8.91. The minimum Gasteiger partial charge on any atom is -0.395 e. The minimum atomic E-state index is -0.0854. The second-order valence-electron chi connectivity index (χ2n) is 5.82. The molecule has 0 spiro atoms. The predicted octanol–water partition coefficient (Wildman–Crippen LogP) is 3.84. The Labute approximate surface area is 124 Å². The Bertz CT molecular complexity index is 334. The number of nitrogens with two attached hydrogens (primary N) is 1. The molecule has 0 aromatic heterocycles. The molecule has 2 nitrogen and oxygen atoms in total. The van der Waals surface area contributed by atoms with Gasteiger partial charge in [-0.25, -0.2) is 0 Å². The molecule has 1 aromatic rings. The third kappa shape index (κ3) is 7.66. The van der Waals surface area contributed by atoms with E-state index < -0.39 is 0 Å². The fourth-order valence-electron chi connectivity index (χ4n) is 2.43. The van der Waals surface area contributed by atoms with Crippen molar-refractivity contribution >= 4 is 0 Å². The smallest absolute Gasteiger partial charge is 0.0582 e. The quantitative estimate of drug-likeness (QED) is 0.604. The van der Waals surface area contributed by atoms with Crippen LogP contribution in [-0.2, 0) is 12.8 Å². The van der Waals surface area contributed by atoms with Gasteiger partial charge < -0.3 is 10.8 Å². The number of aliphatic hydroxyl groups excluding tert-OH is 1. The van der Waals surface area contributed by atoms with E-state index in [0.29, 0.717) is 0 Å². The largest absolute Gasteiger partial charge is 0.395 e. The molecule has 0 amide bonds. The van der Waals surface area contributed by atoms with Crippen molar-refractivity contribution in [1.82, 2.24) is 0 Å². The highest BCUT2D eigenvalue weighted by atomic mass is 16.3. The zero-order valence-corrected chi connectivity index (χ0v) is 13.0. The van der Waals surface area contributed by atoms with Crippen molar-refractivity contribution in [2.24, 2.45) is 5.73 Å². The zero-order chi connectivity index (χ0) is 14.6. The van der Waals surface area contributed by atoms with Crippen LogP contribution in [0.2, 0.25) is 0 Å². The molecule has 0 unspecified atom stereocenters. The van der Waals surface area contributed by atoms with Crippen LogP contribution in [0, 0.1) is 0 Å². The summed E-state index contributed by atoms with van der Waals surface area (Å²) >= 11 is 0. The molecule has 114 valence electrons. The number of aliphatic hydroxyl groups is 1. The van der Waals surface area contributed by atoms with Gasteiger partial charge in [0.15, 0.2) is 0 Å². The number of benzene rings is 1. The van der Waals surface area contributed by atoms with Crippen molar-refractivity contribution in [3.63, 3.8) is 0 Å². The second-order valence-corrected chi connectivity index (χ2v) is 5.82. The van der Waals surface area contributed by atoms with E-state index in [1.54, 1.807) is 0 Å². The fourth-order valence-corrected chi connectivity index (χ4v) is 2.43. The molecule has 0 aliphatic heterocycles. The van der Waals surface area contributed by atoms with Crippen LogP contribution in [0.5, 0.6) is 0 Å². The maximum Gasteiger partial charge on any atom is 0.0582 e. The van der Waals surface area contributed by atoms with Gasteiger partial charge in [0.05, 0.1) is 6.61 Å². The lowest BCUT2D eigenvalue weighted by Crippen LogP contribution is -2.24. The number of aryl methyl sites for hydroxylation is 2. The van der Waals surface area contributed by atoms with E-state index in [1.165, 1.54) is 56.1 Å². The van der Waals surface area contributed by atoms with Crippen molar-refractivity contribution < 1.29 is 5.11 Å². The number of rotatable bonds is 11. The van der Waals surface area contributed by atoms with E-state index in [0.717, 1.165) is 12.8 Å². The highest BCUT2D eigenvalue weighted by Crippen LogP contribution is 2.12. The summed E-state index contributed by atoms with van der Waals surface area (Å²) in [4.78, 5) is 0. The average molecular weight is 277 g/mol. The van der Waals surface area contributed by atoms with Crippen LogP contribution < -0.4 is 5.73 Å². The summed E-state index contributed by atoms with van der Waals surface area (Å²) < 4.78 is 0. The molecule has 0 aliphatic carbocycles.